The molecule has 7 nitrogen and oxygen atoms in total. The molecule has 37 heavy (non-hydrogen) atoms. The van der Waals surface area contributed by atoms with Crippen molar-refractivity contribution in [2.24, 2.45) is 5.92 Å². The van der Waals surface area contributed by atoms with Crippen LogP contribution in [0.15, 0.2) is 54.7 Å². The van der Waals surface area contributed by atoms with Gasteiger partial charge in [0.15, 0.2) is 0 Å². The van der Waals surface area contributed by atoms with Gasteiger partial charge in [0.1, 0.15) is 11.6 Å². The number of likely N-dealkylation sites (tertiary alicyclic amines) is 1. The minimum atomic E-state index is -0.286. The molecule has 2 aliphatic rings. The van der Waals surface area contributed by atoms with Crippen LogP contribution in [0, 0.1) is 11.7 Å². The molecule has 8 heteroatoms. The Balaban J connectivity index is 1.21. The van der Waals surface area contributed by atoms with Crippen LogP contribution in [0.5, 0.6) is 5.75 Å². The third-order valence-corrected chi connectivity index (χ3v) is 7.69. The second kappa shape index (κ2) is 11.9. The zero-order valence-electron chi connectivity index (χ0n) is 21.5. The Hall–Kier alpha value is -3.23. The SMILES string of the molecule is COc1ccccc1CN1CCC(CNC(=O)c2cnn(-c3ccc(F)cc3)c2C2CCNCC2)CC1. The number of ether oxygens (including phenoxy) is 1. The third kappa shape index (κ3) is 6.02. The van der Waals surface area contributed by atoms with Crippen molar-refractivity contribution >= 4 is 5.91 Å². The van der Waals surface area contributed by atoms with E-state index in [1.807, 2.05) is 16.8 Å². The molecular weight excluding hydrogens is 469 g/mol. The molecule has 1 aromatic heterocycles. The van der Waals surface area contributed by atoms with E-state index in [9.17, 15) is 9.18 Å². The second-order valence-corrected chi connectivity index (χ2v) is 10.1. The minimum Gasteiger partial charge on any atom is -0.496 e. The first-order valence-electron chi connectivity index (χ1n) is 13.3. The number of hydrogen-bond donors (Lipinski definition) is 2. The number of amides is 1. The molecule has 2 aromatic carbocycles. The van der Waals surface area contributed by atoms with E-state index in [-0.39, 0.29) is 17.6 Å². The van der Waals surface area contributed by atoms with Gasteiger partial charge in [0, 0.05) is 24.6 Å². The average Bonchev–Trinajstić information content (AvgIpc) is 3.39. The molecule has 2 saturated heterocycles. The van der Waals surface area contributed by atoms with E-state index in [1.165, 1.54) is 17.7 Å². The van der Waals surface area contributed by atoms with Crippen molar-refractivity contribution < 1.29 is 13.9 Å². The van der Waals surface area contributed by atoms with Gasteiger partial charge in [-0.1, -0.05) is 18.2 Å². The van der Waals surface area contributed by atoms with Crippen LogP contribution in [0.3, 0.4) is 0 Å². The molecule has 196 valence electrons. The highest BCUT2D eigenvalue weighted by Gasteiger charge is 2.28. The van der Waals surface area contributed by atoms with Gasteiger partial charge in [0.25, 0.3) is 5.91 Å². The lowest BCUT2D eigenvalue weighted by Crippen LogP contribution is -2.38. The number of halogens is 1. The van der Waals surface area contributed by atoms with Crippen LogP contribution in [-0.2, 0) is 6.54 Å². The van der Waals surface area contributed by atoms with Crippen molar-refractivity contribution in [2.45, 2.75) is 38.1 Å². The predicted molar refractivity (Wildman–Crippen MR) is 142 cm³/mol. The van der Waals surface area contributed by atoms with Gasteiger partial charge in [-0.2, -0.15) is 5.10 Å². The Kier molecular flexibility index (Phi) is 8.16. The van der Waals surface area contributed by atoms with Crippen LogP contribution in [0.2, 0.25) is 0 Å². The number of benzene rings is 2. The highest BCUT2D eigenvalue weighted by molar-refractivity contribution is 5.95. The fraction of sp³-hybridized carbons (Fsp3) is 0.448. The van der Waals surface area contributed by atoms with Crippen molar-refractivity contribution in [3.05, 3.63) is 77.4 Å². The average molecular weight is 506 g/mol. The zero-order valence-corrected chi connectivity index (χ0v) is 21.5. The van der Waals surface area contributed by atoms with Gasteiger partial charge in [0.05, 0.1) is 30.3 Å². The number of rotatable bonds is 8. The molecule has 3 aromatic rings. The van der Waals surface area contributed by atoms with Crippen LogP contribution in [-0.4, -0.2) is 60.4 Å². The zero-order chi connectivity index (χ0) is 25.6. The lowest BCUT2D eigenvalue weighted by atomic mass is 9.91. The highest BCUT2D eigenvalue weighted by Crippen LogP contribution is 2.30. The molecule has 0 bridgehead atoms. The summed E-state index contributed by atoms with van der Waals surface area (Å²) in [6.45, 7) is 5.37. The number of nitrogens with zero attached hydrogens (tertiary/aromatic N) is 3. The molecule has 2 aliphatic heterocycles. The molecule has 0 saturated carbocycles. The molecule has 1 amide bonds. The standard InChI is InChI=1S/C29H36FN5O2/c1-37-27-5-3-2-4-23(27)20-34-16-12-21(13-17-34)18-32-29(36)26-19-33-35(25-8-6-24(30)7-9-25)28(26)22-10-14-31-15-11-22/h2-9,19,21-22,31H,10-18,20H2,1H3,(H,32,36). The van der Waals surface area contributed by atoms with E-state index < -0.39 is 0 Å². The predicted octanol–water partition coefficient (Wildman–Crippen LogP) is 4.13. The molecule has 0 atom stereocenters. The van der Waals surface area contributed by atoms with Crippen molar-refractivity contribution in [3.8, 4) is 11.4 Å². The summed E-state index contributed by atoms with van der Waals surface area (Å²) < 4.78 is 20.8. The Morgan fingerprint density at radius 3 is 2.54 bits per heavy atom. The van der Waals surface area contributed by atoms with Crippen LogP contribution >= 0.6 is 0 Å². The summed E-state index contributed by atoms with van der Waals surface area (Å²) in [6.07, 6.45) is 5.65. The Morgan fingerprint density at radius 2 is 1.81 bits per heavy atom. The molecule has 2 N–H and O–H groups in total. The molecule has 0 unspecified atom stereocenters. The van der Waals surface area contributed by atoms with Crippen LogP contribution < -0.4 is 15.4 Å². The Morgan fingerprint density at radius 1 is 1.08 bits per heavy atom. The van der Waals surface area contributed by atoms with Gasteiger partial charge in [-0.15, -0.1) is 0 Å². The first kappa shape index (κ1) is 25.4. The number of methoxy groups -OCH3 is 1. The summed E-state index contributed by atoms with van der Waals surface area (Å²) in [4.78, 5) is 15.8. The summed E-state index contributed by atoms with van der Waals surface area (Å²) >= 11 is 0. The van der Waals surface area contributed by atoms with E-state index in [0.29, 0.717) is 18.0 Å². The molecule has 0 spiro atoms. The fourth-order valence-corrected chi connectivity index (χ4v) is 5.56. The van der Waals surface area contributed by atoms with E-state index in [4.69, 9.17) is 4.74 Å². The number of carbonyl (C=O) groups is 1. The summed E-state index contributed by atoms with van der Waals surface area (Å²) in [7, 11) is 1.72. The second-order valence-electron chi connectivity index (χ2n) is 10.1. The monoisotopic (exact) mass is 505 g/mol. The molecule has 0 aliphatic carbocycles. The molecular formula is C29H36FN5O2. The molecule has 5 rings (SSSR count). The third-order valence-electron chi connectivity index (χ3n) is 7.69. The summed E-state index contributed by atoms with van der Waals surface area (Å²) in [5.41, 5.74) is 3.54. The lowest BCUT2D eigenvalue weighted by molar-refractivity contribution is 0.0933. The summed E-state index contributed by atoms with van der Waals surface area (Å²) in [5, 5.41) is 11.2. The Bertz CT molecular complexity index is 1180. The fourth-order valence-electron chi connectivity index (χ4n) is 5.56. The largest absolute Gasteiger partial charge is 0.496 e. The number of hydrogen-bond acceptors (Lipinski definition) is 5. The minimum absolute atomic E-state index is 0.0710. The van der Waals surface area contributed by atoms with Crippen molar-refractivity contribution in [1.29, 1.82) is 0 Å². The van der Waals surface area contributed by atoms with E-state index in [1.54, 1.807) is 25.4 Å². The summed E-state index contributed by atoms with van der Waals surface area (Å²) in [5.74, 6) is 1.26. The van der Waals surface area contributed by atoms with Crippen LogP contribution in [0.4, 0.5) is 4.39 Å². The van der Waals surface area contributed by atoms with Gasteiger partial charge >= 0.3 is 0 Å². The van der Waals surface area contributed by atoms with Gasteiger partial charge in [0.2, 0.25) is 0 Å². The van der Waals surface area contributed by atoms with Gasteiger partial charge in [-0.05, 0) is 88.1 Å². The smallest absolute Gasteiger partial charge is 0.254 e. The van der Waals surface area contributed by atoms with Crippen molar-refractivity contribution in [2.75, 3.05) is 39.8 Å². The van der Waals surface area contributed by atoms with Crippen molar-refractivity contribution in [3.63, 3.8) is 0 Å². The number of piperidine rings is 2. The Labute approximate surface area is 218 Å². The molecule has 0 radical (unpaired) electrons. The normalized spacial score (nSPS) is 17.6. The van der Waals surface area contributed by atoms with Crippen molar-refractivity contribution in [1.82, 2.24) is 25.3 Å². The van der Waals surface area contributed by atoms with E-state index >= 15 is 0 Å². The number of para-hydroxylation sites is 1. The van der Waals surface area contributed by atoms with Gasteiger partial charge in [-0.25, -0.2) is 9.07 Å². The van der Waals surface area contributed by atoms with Gasteiger partial charge < -0.3 is 15.4 Å². The molecule has 2 fully saturated rings. The van der Waals surface area contributed by atoms with Crippen LogP contribution in [0.25, 0.3) is 5.69 Å². The lowest BCUT2D eigenvalue weighted by Gasteiger charge is -2.32. The number of nitrogens with one attached hydrogen (secondary N) is 2. The number of carbonyl (C=O) groups excluding carboxylic acids is 1. The van der Waals surface area contributed by atoms with Gasteiger partial charge in [-0.3, -0.25) is 9.69 Å². The first-order valence-corrected chi connectivity index (χ1v) is 13.3. The summed E-state index contributed by atoms with van der Waals surface area (Å²) in [6, 6.07) is 14.5. The van der Waals surface area contributed by atoms with Crippen LogP contribution in [0.1, 0.15) is 53.2 Å². The van der Waals surface area contributed by atoms with E-state index in [0.717, 1.165) is 75.5 Å². The highest BCUT2D eigenvalue weighted by atomic mass is 19.1. The quantitative estimate of drug-likeness (QED) is 0.482. The van der Waals surface area contributed by atoms with E-state index in [2.05, 4.69) is 32.8 Å². The maximum Gasteiger partial charge on any atom is 0.254 e. The molecule has 3 heterocycles. The maximum atomic E-state index is 13.5. The first-order chi connectivity index (χ1) is 18.1. The topological polar surface area (TPSA) is 71.4 Å². The number of aromatic nitrogens is 2. The maximum absolute atomic E-state index is 13.5.